The van der Waals surface area contributed by atoms with Crippen LogP contribution in [0.25, 0.3) is 0 Å². The molecule has 1 aromatic rings. The molecular weight excluding hydrogens is 316 g/mol. The smallest absolute Gasteiger partial charge is 0.234 e. The van der Waals surface area contributed by atoms with Crippen LogP contribution in [0.2, 0.25) is 0 Å². The third kappa shape index (κ3) is 5.51. The maximum atomic E-state index is 12.1. The lowest BCUT2D eigenvalue weighted by Crippen LogP contribution is -2.45. The number of benzene rings is 1. The lowest BCUT2D eigenvalue weighted by atomic mass is 10.1. The van der Waals surface area contributed by atoms with E-state index < -0.39 is 9.84 Å². The predicted molar refractivity (Wildman–Crippen MR) is 89.3 cm³/mol. The molecular formula is C16H24N2O4S. The molecule has 0 radical (unpaired) electrons. The van der Waals surface area contributed by atoms with Gasteiger partial charge in [-0.25, -0.2) is 8.42 Å². The van der Waals surface area contributed by atoms with Gasteiger partial charge in [0.2, 0.25) is 5.91 Å². The first kappa shape index (κ1) is 17.7. The third-order valence-electron chi connectivity index (χ3n) is 3.85. The molecule has 0 saturated carbocycles. The summed E-state index contributed by atoms with van der Waals surface area (Å²) in [5.74, 6) is 0.948. The van der Waals surface area contributed by atoms with Gasteiger partial charge in [-0.2, -0.15) is 0 Å². The van der Waals surface area contributed by atoms with Crippen LogP contribution in [0.5, 0.6) is 5.75 Å². The Labute approximate surface area is 137 Å². The van der Waals surface area contributed by atoms with Gasteiger partial charge in [0.05, 0.1) is 30.7 Å². The second kappa shape index (κ2) is 7.79. The molecule has 2 rings (SSSR count). The topological polar surface area (TPSA) is 75.7 Å². The number of amides is 1. The zero-order chi connectivity index (χ0) is 16.9. The summed E-state index contributed by atoms with van der Waals surface area (Å²) in [6.45, 7) is 5.52. The molecule has 6 nitrogen and oxygen atoms in total. The second-order valence-corrected chi connectivity index (χ2v) is 8.03. The van der Waals surface area contributed by atoms with Gasteiger partial charge in [-0.05, 0) is 31.5 Å². The van der Waals surface area contributed by atoms with E-state index in [1.54, 1.807) is 0 Å². The highest BCUT2D eigenvalue weighted by Gasteiger charge is 2.23. The summed E-state index contributed by atoms with van der Waals surface area (Å²) in [7, 11) is -2.92. The van der Waals surface area contributed by atoms with Crippen molar-refractivity contribution in [2.75, 3.05) is 37.7 Å². The fourth-order valence-electron chi connectivity index (χ4n) is 2.52. The molecule has 0 bridgehead atoms. The summed E-state index contributed by atoms with van der Waals surface area (Å²) in [6, 6.07) is 7.52. The molecule has 1 heterocycles. The fraction of sp³-hybridized carbons (Fsp3) is 0.562. The van der Waals surface area contributed by atoms with Crippen LogP contribution >= 0.6 is 0 Å². The molecule has 1 aliphatic rings. The predicted octanol–water partition coefficient (Wildman–Crippen LogP) is 0.993. The number of hydrogen-bond donors (Lipinski definition) is 1. The van der Waals surface area contributed by atoms with E-state index in [1.807, 2.05) is 43.0 Å². The van der Waals surface area contributed by atoms with Crippen molar-refractivity contribution in [3.05, 3.63) is 29.8 Å². The van der Waals surface area contributed by atoms with E-state index in [9.17, 15) is 13.2 Å². The minimum atomic E-state index is -2.92. The average Bonchev–Trinajstić information content (AvgIpc) is 2.50. The normalized spacial score (nSPS) is 19.0. The van der Waals surface area contributed by atoms with E-state index in [0.717, 1.165) is 11.3 Å². The second-order valence-electron chi connectivity index (χ2n) is 5.72. The standard InChI is InChI=1S/C16H24N2O4S/c1-3-22-15-6-4-5-14(11-15)13(2)17-16(19)12-18-7-9-23(20,21)10-8-18/h4-6,11,13H,3,7-10,12H2,1-2H3,(H,17,19)/t13-/m0/s1. The summed E-state index contributed by atoms with van der Waals surface area (Å²) in [4.78, 5) is 14.0. The van der Waals surface area contributed by atoms with Crippen molar-refractivity contribution in [1.82, 2.24) is 10.2 Å². The first-order chi connectivity index (χ1) is 10.9. The Morgan fingerprint density at radius 3 is 2.70 bits per heavy atom. The maximum Gasteiger partial charge on any atom is 0.234 e. The number of ether oxygens (including phenoxy) is 1. The van der Waals surface area contributed by atoms with Crippen molar-refractivity contribution >= 4 is 15.7 Å². The molecule has 0 spiro atoms. The number of rotatable bonds is 6. The molecule has 128 valence electrons. The molecule has 1 aliphatic heterocycles. The van der Waals surface area contributed by atoms with Crippen LogP contribution in [0, 0.1) is 0 Å². The van der Waals surface area contributed by atoms with Gasteiger partial charge in [0, 0.05) is 13.1 Å². The Hall–Kier alpha value is -1.60. The van der Waals surface area contributed by atoms with Gasteiger partial charge >= 0.3 is 0 Å². The highest BCUT2D eigenvalue weighted by Crippen LogP contribution is 2.19. The Morgan fingerprint density at radius 1 is 1.35 bits per heavy atom. The van der Waals surface area contributed by atoms with Crippen LogP contribution in [0.3, 0.4) is 0 Å². The fourth-order valence-corrected chi connectivity index (χ4v) is 3.80. The Morgan fingerprint density at radius 2 is 2.04 bits per heavy atom. The van der Waals surface area contributed by atoms with Crippen molar-refractivity contribution in [3.8, 4) is 5.75 Å². The van der Waals surface area contributed by atoms with Crippen molar-refractivity contribution in [2.45, 2.75) is 19.9 Å². The molecule has 23 heavy (non-hydrogen) atoms. The largest absolute Gasteiger partial charge is 0.494 e. The molecule has 1 saturated heterocycles. The number of carbonyl (C=O) groups is 1. The molecule has 1 N–H and O–H groups in total. The van der Waals surface area contributed by atoms with Crippen LogP contribution in [0.15, 0.2) is 24.3 Å². The molecule has 1 atom stereocenters. The van der Waals surface area contributed by atoms with Crippen molar-refractivity contribution in [1.29, 1.82) is 0 Å². The summed E-state index contributed by atoms with van der Waals surface area (Å²) in [5.41, 5.74) is 0.977. The summed E-state index contributed by atoms with van der Waals surface area (Å²) in [6.07, 6.45) is 0. The Bertz CT molecular complexity index is 631. The lowest BCUT2D eigenvalue weighted by Gasteiger charge is -2.26. The monoisotopic (exact) mass is 340 g/mol. The first-order valence-corrected chi connectivity index (χ1v) is 9.66. The van der Waals surface area contributed by atoms with Gasteiger partial charge in [0.1, 0.15) is 5.75 Å². The SMILES string of the molecule is CCOc1cccc([C@H](C)NC(=O)CN2CCS(=O)(=O)CC2)c1. The zero-order valence-corrected chi connectivity index (χ0v) is 14.4. The Kier molecular flexibility index (Phi) is 6.01. The first-order valence-electron chi connectivity index (χ1n) is 7.84. The van der Waals surface area contributed by atoms with Gasteiger partial charge in [-0.15, -0.1) is 0 Å². The lowest BCUT2D eigenvalue weighted by molar-refractivity contribution is -0.122. The quantitative estimate of drug-likeness (QED) is 0.836. The molecule has 0 aliphatic carbocycles. The molecule has 1 fully saturated rings. The summed E-state index contributed by atoms with van der Waals surface area (Å²) in [5, 5.41) is 2.95. The highest BCUT2D eigenvalue weighted by atomic mass is 32.2. The molecule has 1 aromatic carbocycles. The third-order valence-corrected chi connectivity index (χ3v) is 5.46. The molecule has 0 unspecified atom stereocenters. The molecule has 7 heteroatoms. The van der Waals surface area contributed by atoms with Gasteiger partial charge < -0.3 is 10.1 Å². The van der Waals surface area contributed by atoms with Crippen molar-refractivity contribution in [3.63, 3.8) is 0 Å². The molecule has 0 aromatic heterocycles. The van der Waals surface area contributed by atoms with E-state index in [4.69, 9.17) is 4.74 Å². The van der Waals surface area contributed by atoms with E-state index in [1.165, 1.54) is 0 Å². The summed E-state index contributed by atoms with van der Waals surface area (Å²) < 4.78 is 28.2. The zero-order valence-electron chi connectivity index (χ0n) is 13.6. The highest BCUT2D eigenvalue weighted by molar-refractivity contribution is 7.91. The van der Waals surface area contributed by atoms with E-state index in [2.05, 4.69) is 5.32 Å². The van der Waals surface area contributed by atoms with E-state index >= 15 is 0 Å². The van der Waals surface area contributed by atoms with Crippen LogP contribution in [0.4, 0.5) is 0 Å². The number of nitrogens with one attached hydrogen (secondary N) is 1. The Balaban J connectivity index is 1.86. The van der Waals surface area contributed by atoms with E-state index in [-0.39, 0.29) is 30.0 Å². The van der Waals surface area contributed by atoms with Gasteiger partial charge in [0.15, 0.2) is 9.84 Å². The van der Waals surface area contributed by atoms with Crippen molar-refractivity contribution < 1.29 is 17.9 Å². The minimum absolute atomic E-state index is 0.0985. The van der Waals surface area contributed by atoms with Gasteiger partial charge in [-0.3, -0.25) is 9.69 Å². The van der Waals surface area contributed by atoms with Crippen LogP contribution in [-0.2, 0) is 14.6 Å². The van der Waals surface area contributed by atoms with Gasteiger partial charge in [-0.1, -0.05) is 12.1 Å². The summed E-state index contributed by atoms with van der Waals surface area (Å²) >= 11 is 0. The van der Waals surface area contributed by atoms with Crippen molar-refractivity contribution in [2.24, 2.45) is 0 Å². The minimum Gasteiger partial charge on any atom is -0.494 e. The van der Waals surface area contributed by atoms with Gasteiger partial charge in [0.25, 0.3) is 0 Å². The van der Waals surface area contributed by atoms with E-state index in [0.29, 0.717) is 19.7 Å². The van der Waals surface area contributed by atoms with Crippen LogP contribution < -0.4 is 10.1 Å². The van der Waals surface area contributed by atoms with Crippen LogP contribution in [-0.4, -0.2) is 57.0 Å². The molecule has 1 amide bonds. The van der Waals surface area contributed by atoms with Crippen LogP contribution in [0.1, 0.15) is 25.5 Å². The number of carbonyl (C=O) groups excluding carboxylic acids is 1. The average molecular weight is 340 g/mol. The number of hydrogen-bond acceptors (Lipinski definition) is 5. The number of sulfone groups is 1. The maximum absolute atomic E-state index is 12.1. The number of nitrogens with zero attached hydrogens (tertiary/aromatic N) is 1.